The molecule has 1 unspecified atom stereocenters. The van der Waals surface area contributed by atoms with Gasteiger partial charge in [-0.25, -0.2) is 0 Å². The van der Waals surface area contributed by atoms with Crippen molar-refractivity contribution in [2.45, 2.75) is 45.3 Å². The van der Waals surface area contributed by atoms with Gasteiger partial charge >= 0.3 is 0 Å². The Morgan fingerprint density at radius 2 is 2.25 bits per heavy atom. The molecule has 0 aliphatic carbocycles. The van der Waals surface area contributed by atoms with Crippen LogP contribution in [0.3, 0.4) is 0 Å². The molecule has 3 heteroatoms. The molecule has 16 heavy (non-hydrogen) atoms. The Morgan fingerprint density at radius 1 is 1.50 bits per heavy atom. The number of hydrogen-bond acceptors (Lipinski definition) is 3. The zero-order chi connectivity index (χ0) is 11.6. The van der Waals surface area contributed by atoms with E-state index in [1.165, 1.54) is 10.4 Å². The molecule has 2 nitrogen and oxygen atoms in total. The number of thiophene rings is 1. The maximum atomic E-state index is 6.05. The number of aryl methyl sites for hydroxylation is 1. The van der Waals surface area contributed by atoms with Gasteiger partial charge in [0.05, 0.1) is 6.61 Å². The maximum absolute atomic E-state index is 6.05. The topological polar surface area (TPSA) is 21.3 Å². The van der Waals surface area contributed by atoms with Gasteiger partial charge in [0, 0.05) is 17.0 Å². The van der Waals surface area contributed by atoms with Crippen molar-refractivity contribution in [2.24, 2.45) is 0 Å². The van der Waals surface area contributed by atoms with Crippen LogP contribution in [0.2, 0.25) is 0 Å². The Labute approximate surface area is 102 Å². The summed E-state index contributed by atoms with van der Waals surface area (Å²) in [5.41, 5.74) is 1.57. The van der Waals surface area contributed by atoms with Crippen LogP contribution in [0.5, 0.6) is 0 Å². The van der Waals surface area contributed by atoms with Gasteiger partial charge in [-0.3, -0.25) is 0 Å². The monoisotopic (exact) mass is 239 g/mol. The Kier molecular flexibility index (Phi) is 3.67. The van der Waals surface area contributed by atoms with Crippen LogP contribution >= 0.6 is 11.3 Å². The highest BCUT2D eigenvalue weighted by Gasteiger charge is 2.33. The molecule has 0 aromatic carbocycles. The molecule has 1 aromatic heterocycles. The number of rotatable bonds is 3. The van der Waals surface area contributed by atoms with Gasteiger partial charge < -0.3 is 10.1 Å². The van der Waals surface area contributed by atoms with Crippen LogP contribution in [-0.4, -0.2) is 18.7 Å². The predicted octanol–water partition coefficient (Wildman–Crippen LogP) is 3.28. The van der Waals surface area contributed by atoms with Gasteiger partial charge in [0.1, 0.15) is 6.10 Å². The third-order valence-electron chi connectivity index (χ3n) is 3.77. The SMILES string of the molecule is CCC1(CC)COC(c2sccc2C)CN1. The first-order valence-electron chi connectivity index (χ1n) is 6.11. The van der Waals surface area contributed by atoms with Gasteiger partial charge in [0.2, 0.25) is 0 Å². The fourth-order valence-corrected chi connectivity index (χ4v) is 3.24. The summed E-state index contributed by atoms with van der Waals surface area (Å²) in [6.45, 7) is 8.41. The van der Waals surface area contributed by atoms with Crippen LogP contribution in [0.15, 0.2) is 11.4 Å². The lowest BCUT2D eigenvalue weighted by molar-refractivity contribution is -0.0360. The minimum absolute atomic E-state index is 0.210. The first kappa shape index (κ1) is 12.1. The standard InChI is InChI=1S/C13H21NOS/c1-4-13(5-2)9-15-11(8-14-13)12-10(3)6-7-16-12/h6-7,11,14H,4-5,8-9H2,1-3H3. The van der Waals surface area contributed by atoms with Crippen molar-refractivity contribution in [3.8, 4) is 0 Å². The number of hydrogen-bond donors (Lipinski definition) is 1. The van der Waals surface area contributed by atoms with E-state index in [2.05, 4.69) is 37.5 Å². The Bertz CT molecular complexity index is 333. The zero-order valence-corrected chi connectivity index (χ0v) is 11.2. The second-order valence-corrected chi connectivity index (χ2v) is 5.58. The molecular formula is C13H21NOS. The lowest BCUT2D eigenvalue weighted by Crippen LogP contribution is -2.54. The van der Waals surface area contributed by atoms with Crippen LogP contribution in [0.25, 0.3) is 0 Å². The van der Waals surface area contributed by atoms with Crippen LogP contribution < -0.4 is 5.32 Å². The van der Waals surface area contributed by atoms with Crippen molar-refractivity contribution >= 4 is 11.3 Å². The summed E-state index contributed by atoms with van der Waals surface area (Å²) in [6.07, 6.45) is 2.53. The van der Waals surface area contributed by atoms with E-state index < -0.39 is 0 Å². The number of ether oxygens (including phenoxy) is 1. The second-order valence-electron chi connectivity index (χ2n) is 4.64. The van der Waals surface area contributed by atoms with Crippen LogP contribution in [0, 0.1) is 6.92 Å². The highest BCUT2D eigenvalue weighted by Crippen LogP contribution is 2.31. The summed E-state index contributed by atoms with van der Waals surface area (Å²) >= 11 is 1.81. The van der Waals surface area contributed by atoms with Crippen molar-refractivity contribution in [1.29, 1.82) is 0 Å². The Hall–Kier alpha value is -0.380. The van der Waals surface area contributed by atoms with Gasteiger partial charge in [-0.15, -0.1) is 11.3 Å². The Balaban J connectivity index is 2.03. The van der Waals surface area contributed by atoms with Gasteiger partial charge in [0.15, 0.2) is 0 Å². The largest absolute Gasteiger partial charge is 0.369 e. The Morgan fingerprint density at radius 3 is 2.69 bits per heavy atom. The maximum Gasteiger partial charge on any atom is 0.104 e. The molecule has 2 rings (SSSR count). The zero-order valence-electron chi connectivity index (χ0n) is 10.4. The predicted molar refractivity (Wildman–Crippen MR) is 69.1 cm³/mol. The van der Waals surface area contributed by atoms with Crippen molar-refractivity contribution in [2.75, 3.05) is 13.2 Å². The lowest BCUT2D eigenvalue weighted by Gasteiger charge is -2.40. The minimum atomic E-state index is 0.210. The van der Waals surface area contributed by atoms with E-state index in [1.807, 2.05) is 0 Å². The van der Waals surface area contributed by atoms with Gasteiger partial charge in [0.25, 0.3) is 0 Å². The second kappa shape index (κ2) is 4.86. The highest BCUT2D eigenvalue weighted by atomic mass is 32.1. The van der Waals surface area contributed by atoms with Gasteiger partial charge in [-0.05, 0) is 36.8 Å². The molecule has 0 spiro atoms. The molecule has 2 heterocycles. The molecular weight excluding hydrogens is 218 g/mol. The molecule has 0 amide bonds. The van der Waals surface area contributed by atoms with Gasteiger partial charge in [-0.2, -0.15) is 0 Å². The molecule has 0 radical (unpaired) electrons. The average molecular weight is 239 g/mol. The number of morpholine rings is 1. The molecule has 0 saturated carbocycles. The fraction of sp³-hybridized carbons (Fsp3) is 0.692. The summed E-state index contributed by atoms with van der Waals surface area (Å²) in [5, 5.41) is 5.83. The van der Waals surface area contributed by atoms with Gasteiger partial charge in [-0.1, -0.05) is 13.8 Å². The molecule has 0 bridgehead atoms. The van der Waals surface area contributed by atoms with E-state index in [1.54, 1.807) is 11.3 Å². The molecule has 1 atom stereocenters. The molecule has 1 aliphatic rings. The smallest absolute Gasteiger partial charge is 0.104 e. The summed E-state index contributed by atoms with van der Waals surface area (Å²) in [6, 6.07) is 2.17. The van der Waals surface area contributed by atoms with E-state index in [0.29, 0.717) is 0 Å². The quantitative estimate of drug-likeness (QED) is 0.874. The molecule has 1 N–H and O–H groups in total. The third kappa shape index (κ3) is 2.17. The van der Waals surface area contributed by atoms with Crippen LogP contribution in [-0.2, 0) is 4.74 Å². The van der Waals surface area contributed by atoms with E-state index in [-0.39, 0.29) is 11.6 Å². The first-order chi connectivity index (χ1) is 7.71. The van der Waals surface area contributed by atoms with E-state index in [4.69, 9.17) is 4.74 Å². The normalized spacial score (nSPS) is 24.6. The highest BCUT2D eigenvalue weighted by molar-refractivity contribution is 7.10. The van der Waals surface area contributed by atoms with Crippen molar-refractivity contribution in [3.05, 3.63) is 21.9 Å². The van der Waals surface area contributed by atoms with E-state index >= 15 is 0 Å². The summed E-state index contributed by atoms with van der Waals surface area (Å²) < 4.78 is 6.05. The van der Waals surface area contributed by atoms with Crippen LogP contribution in [0.1, 0.15) is 43.2 Å². The summed E-state index contributed by atoms with van der Waals surface area (Å²) in [7, 11) is 0. The fourth-order valence-electron chi connectivity index (χ4n) is 2.27. The minimum Gasteiger partial charge on any atom is -0.369 e. The number of nitrogens with one attached hydrogen (secondary N) is 1. The molecule has 90 valence electrons. The van der Waals surface area contributed by atoms with Crippen LogP contribution in [0.4, 0.5) is 0 Å². The van der Waals surface area contributed by atoms with E-state index in [0.717, 1.165) is 26.0 Å². The first-order valence-corrected chi connectivity index (χ1v) is 6.99. The molecule has 1 fully saturated rings. The molecule has 1 saturated heterocycles. The van der Waals surface area contributed by atoms with Crippen molar-refractivity contribution < 1.29 is 4.74 Å². The average Bonchev–Trinajstić information content (AvgIpc) is 2.76. The molecule has 1 aromatic rings. The van der Waals surface area contributed by atoms with Crippen molar-refractivity contribution in [3.63, 3.8) is 0 Å². The van der Waals surface area contributed by atoms with E-state index in [9.17, 15) is 0 Å². The van der Waals surface area contributed by atoms with Crippen molar-refractivity contribution in [1.82, 2.24) is 5.32 Å². The lowest BCUT2D eigenvalue weighted by atomic mass is 9.92. The summed E-state index contributed by atoms with van der Waals surface area (Å²) in [5.74, 6) is 0. The third-order valence-corrected chi connectivity index (χ3v) is 4.88. The summed E-state index contributed by atoms with van der Waals surface area (Å²) in [4.78, 5) is 1.38. The molecule has 1 aliphatic heterocycles.